The molecule has 1 aromatic heterocycles. The number of rotatable bonds is 6. The minimum absolute atomic E-state index is 0.364. The second-order valence-electron chi connectivity index (χ2n) is 6.84. The van der Waals surface area contributed by atoms with Gasteiger partial charge in [0, 0.05) is 24.7 Å². The van der Waals surface area contributed by atoms with E-state index in [1.54, 1.807) is 24.3 Å². The number of ether oxygens (including phenoxy) is 1. The average molecular weight is 401 g/mol. The highest BCUT2D eigenvalue weighted by Crippen LogP contribution is 2.37. The van der Waals surface area contributed by atoms with Gasteiger partial charge < -0.3 is 20.7 Å². The molecule has 0 saturated heterocycles. The topological polar surface area (TPSA) is 102 Å². The van der Waals surface area contributed by atoms with Gasteiger partial charge in [-0.15, -0.1) is 11.3 Å². The number of anilines is 2. The quantitative estimate of drug-likeness (QED) is 0.725. The van der Waals surface area contributed by atoms with Crippen molar-refractivity contribution in [1.82, 2.24) is 0 Å². The summed E-state index contributed by atoms with van der Waals surface area (Å²) in [6.07, 6.45) is 3.73. The van der Waals surface area contributed by atoms with Crippen molar-refractivity contribution in [1.29, 1.82) is 0 Å². The largest absolute Gasteiger partial charge is 0.452 e. The maximum absolute atomic E-state index is 12.2. The van der Waals surface area contributed by atoms with E-state index in [0.717, 1.165) is 41.8 Å². The third-order valence-corrected chi connectivity index (χ3v) is 5.83. The summed E-state index contributed by atoms with van der Waals surface area (Å²) >= 11 is 1.38. The van der Waals surface area contributed by atoms with E-state index < -0.39 is 24.4 Å². The Labute approximate surface area is 167 Å². The van der Waals surface area contributed by atoms with Crippen molar-refractivity contribution in [3.63, 3.8) is 0 Å². The Bertz CT molecular complexity index is 903. The van der Waals surface area contributed by atoms with Crippen LogP contribution in [0.4, 0.5) is 10.7 Å². The molecule has 7 nitrogen and oxygen atoms in total. The fourth-order valence-electron chi connectivity index (χ4n) is 3.19. The zero-order chi connectivity index (χ0) is 20.3. The Morgan fingerprint density at radius 2 is 1.82 bits per heavy atom. The van der Waals surface area contributed by atoms with E-state index in [1.807, 2.05) is 19.0 Å². The smallest absolute Gasteiger partial charge is 0.338 e. The van der Waals surface area contributed by atoms with Crippen LogP contribution in [0, 0.1) is 0 Å². The fraction of sp³-hybridized carbons (Fsp3) is 0.350. The Balaban J connectivity index is 1.62. The van der Waals surface area contributed by atoms with Crippen LogP contribution in [-0.2, 0) is 22.4 Å². The number of aryl methyl sites for hydroxylation is 1. The van der Waals surface area contributed by atoms with Crippen LogP contribution in [0.1, 0.15) is 44.0 Å². The van der Waals surface area contributed by atoms with Crippen molar-refractivity contribution in [3.05, 3.63) is 45.8 Å². The second-order valence-corrected chi connectivity index (χ2v) is 7.95. The molecule has 2 aromatic rings. The molecule has 0 radical (unpaired) electrons. The molecule has 0 aliphatic heterocycles. The van der Waals surface area contributed by atoms with Crippen LogP contribution in [0.25, 0.3) is 0 Å². The molecule has 2 amide bonds. The molecule has 0 fully saturated rings. The number of carbonyl (C=O) groups excluding carboxylic acids is 3. The van der Waals surface area contributed by atoms with Gasteiger partial charge in [0.1, 0.15) is 5.00 Å². The first-order chi connectivity index (χ1) is 13.4. The molecule has 0 atom stereocenters. The second kappa shape index (κ2) is 8.43. The number of fused-ring (bicyclic) bond motifs is 1. The van der Waals surface area contributed by atoms with Crippen LogP contribution in [0.3, 0.4) is 0 Å². The van der Waals surface area contributed by atoms with E-state index in [2.05, 4.69) is 5.32 Å². The minimum Gasteiger partial charge on any atom is -0.452 e. The number of carbonyl (C=O) groups is 3. The summed E-state index contributed by atoms with van der Waals surface area (Å²) in [5.41, 5.74) is 8.16. The van der Waals surface area contributed by atoms with Crippen molar-refractivity contribution >= 4 is 39.8 Å². The highest BCUT2D eigenvalue weighted by Gasteiger charge is 2.25. The highest BCUT2D eigenvalue weighted by atomic mass is 32.1. The first kappa shape index (κ1) is 19.9. The molecule has 148 valence electrons. The standard InChI is InChI=1S/C20H23N3O4S/c1-23(2)13-9-7-12(8-10-13)20(26)27-11-16(24)22-19-17(18(21)25)14-5-3-4-6-15(14)28-19/h7-10H,3-6,11H2,1-2H3,(H2,21,25)(H,22,24). The Morgan fingerprint density at radius 3 is 2.46 bits per heavy atom. The molecule has 28 heavy (non-hydrogen) atoms. The van der Waals surface area contributed by atoms with Gasteiger partial charge in [-0.1, -0.05) is 0 Å². The van der Waals surface area contributed by atoms with Crippen LogP contribution in [-0.4, -0.2) is 38.5 Å². The van der Waals surface area contributed by atoms with Crippen LogP contribution >= 0.6 is 11.3 Å². The minimum atomic E-state index is -0.582. The summed E-state index contributed by atoms with van der Waals surface area (Å²) in [6.45, 7) is -0.435. The Hall–Kier alpha value is -2.87. The van der Waals surface area contributed by atoms with Crippen LogP contribution in [0.15, 0.2) is 24.3 Å². The molecule has 0 spiro atoms. The SMILES string of the molecule is CN(C)c1ccc(C(=O)OCC(=O)Nc2sc3c(c2C(N)=O)CCCC3)cc1. The molecule has 1 heterocycles. The predicted octanol–water partition coefficient (Wildman–Crippen LogP) is 2.59. The lowest BCUT2D eigenvalue weighted by Gasteiger charge is -2.12. The number of thiophene rings is 1. The van der Waals surface area contributed by atoms with E-state index in [-0.39, 0.29) is 0 Å². The van der Waals surface area contributed by atoms with Gasteiger partial charge in [-0.2, -0.15) is 0 Å². The molecular formula is C20H23N3O4S. The lowest BCUT2D eigenvalue weighted by molar-refractivity contribution is -0.119. The molecule has 1 aromatic carbocycles. The van der Waals surface area contributed by atoms with Crippen LogP contribution < -0.4 is 16.0 Å². The first-order valence-corrected chi connectivity index (χ1v) is 9.87. The molecule has 8 heteroatoms. The fourth-order valence-corrected chi connectivity index (χ4v) is 4.50. The monoisotopic (exact) mass is 401 g/mol. The number of primary amides is 1. The average Bonchev–Trinajstić information content (AvgIpc) is 3.04. The van der Waals surface area contributed by atoms with E-state index >= 15 is 0 Å². The van der Waals surface area contributed by atoms with Gasteiger partial charge in [0.05, 0.1) is 11.1 Å². The van der Waals surface area contributed by atoms with Crippen molar-refractivity contribution < 1.29 is 19.1 Å². The Morgan fingerprint density at radius 1 is 1.14 bits per heavy atom. The number of nitrogens with zero attached hydrogens (tertiary/aromatic N) is 1. The van der Waals surface area contributed by atoms with Crippen molar-refractivity contribution in [2.75, 3.05) is 30.9 Å². The summed E-state index contributed by atoms with van der Waals surface area (Å²) < 4.78 is 5.09. The first-order valence-electron chi connectivity index (χ1n) is 9.05. The number of hydrogen-bond donors (Lipinski definition) is 2. The number of esters is 1. The molecule has 0 bridgehead atoms. The van der Waals surface area contributed by atoms with Gasteiger partial charge in [0.2, 0.25) is 0 Å². The van der Waals surface area contributed by atoms with Gasteiger partial charge in [0.25, 0.3) is 11.8 Å². The normalized spacial score (nSPS) is 12.8. The van der Waals surface area contributed by atoms with E-state index in [1.165, 1.54) is 11.3 Å². The summed E-state index contributed by atoms with van der Waals surface area (Å²) in [5.74, 6) is -1.63. The number of amides is 2. The number of hydrogen-bond acceptors (Lipinski definition) is 6. The van der Waals surface area contributed by atoms with Gasteiger partial charge >= 0.3 is 5.97 Å². The van der Waals surface area contributed by atoms with E-state index in [4.69, 9.17) is 10.5 Å². The summed E-state index contributed by atoms with van der Waals surface area (Å²) in [7, 11) is 3.81. The number of benzene rings is 1. The molecule has 0 saturated carbocycles. The summed E-state index contributed by atoms with van der Waals surface area (Å²) in [6, 6.07) is 6.89. The third-order valence-electron chi connectivity index (χ3n) is 4.62. The van der Waals surface area contributed by atoms with E-state index in [9.17, 15) is 14.4 Å². The lowest BCUT2D eigenvalue weighted by atomic mass is 9.95. The summed E-state index contributed by atoms with van der Waals surface area (Å²) in [5, 5.41) is 3.12. The number of nitrogens with two attached hydrogens (primary N) is 1. The zero-order valence-electron chi connectivity index (χ0n) is 15.9. The van der Waals surface area contributed by atoms with Gasteiger partial charge in [-0.3, -0.25) is 9.59 Å². The van der Waals surface area contributed by atoms with Crippen LogP contribution in [0.5, 0.6) is 0 Å². The van der Waals surface area contributed by atoms with Gasteiger partial charge in [-0.25, -0.2) is 4.79 Å². The molecule has 0 unspecified atom stereocenters. The zero-order valence-corrected chi connectivity index (χ0v) is 16.7. The van der Waals surface area contributed by atoms with Gasteiger partial charge in [0.15, 0.2) is 6.61 Å². The van der Waals surface area contributed by atoms with E-state index in [0.29, 0.717) is 16.1 Å². The van der Waals surface area contributed by atoms with Crippen molar-refractivity contribution in [3.8, 4) is 0 Å². The third kappa shape index (κ3) is 4.33. The maximum atomic E-state index is 12.2. The lowest BCUT2D eigenvalue weighted by Crippen LogP contribution is -2.23. The van der Waals surface area contributed by atoms with Gasteiger partial charge in [-0.05, 0) is 55.5 Å². The Kier molecular flexibility index (Phi) is 5.99. The highest BCUT2D eigenvalue weighted by molar-refractivity contribution is 7.17. The van der Waals surface area contributed by atoms with Crippen LogP contribution in [0.2, 0.25) is 0 Å². The molecule has 3 N–H and O–H groups in total. The summed E-state index contributed by atoms with van der Waals surface area (Å²) in [4.78, 5) is 39.2. The van der Waals surface area contributed by atoms with Crippen molar-refractivity contribution in [2.45, 2.75) is 25.7 Å². The van der Waals surface area contributed by atoms with Crippen molar-refractivity contribution in [2.24, 2.45) is 5.73 Å². The number of nitrogens with one attached hydrogen (secondary N) is 1. The molecule has 1 aliphatic rings. The maximum Gasteiger partial charge on any atom is 0.338 e. The molecule has 1 aliphatic carbocycles. The molecular weight excluding hydrogens is 378 g/mol. The molecule has 3 rings (SSSR count). The predicted molar refractivity (Wildman–Crippen MR) is 109 cm³/mol.